The molecule has 5 nitrogen and oxygen atoms in total. The molecule has 1 fully saturated rings. The zero-order chi connectivity index (χ0) is 19.6. The van der Waals surface area contributed by atoms with Crippen molar-refractivity contribution < 1.29 is 9.47 Å². The highest BCUT2D eigenvalue weighted by atomic mass is 16.5. The number of nitrogens with zero attached hydrogens (tertiary/aromatic N) is 2. The number of benzene rings is 1. The van der Waals surface area contributed by atoms with Crippen molar-refractivity contribution in [1.29, 1.82) is 0 Å². The normalized spacial score (nSPS) is 21.4. The molecule has 28 heavy (non-hydrogen) atoms. The average Bonchev–Trinajstić information content (AvgIpc) is 2.69. The van der Waals surface area contributed by atoms with Crippen molar-refractivity contribution in [1.82, 2.24) is 15.2 Å². The lowest BCUT2D eigenvalue weighted by atomic mass is 9.80. The van der Waals surface area contributed by atoms with E-state index in [1.165, 1.54) is 5.56 Å². The van der Waals surface area contributed by atoms with E-state index in [0.717, 1.165) is 50.2 Å². The van der Waals surface area contributed by atoms with Gasteiger partial charge in [0.1, 0.15) is 11.4 Å². The summed E-state index contributed by atoms with van der Waals surface area (Å²) >= 11 is 0. The second-order valence-electron chi connectivity index (χ2n) is 8.44. The van der Waals surface area contributed by atoms with Crippen LogP contribution in [0.25, 0.3) is 0 Å². The predicted molar refractivity (Wildman–Crippen MR) is 111 cm³/mol. The van der Waals surface area contributed by atoms with Gasteiger partial charge in [0.05, 0.1) is 6.10 Å². The molecule has 1 aromatic heterocycles. The Kier molecular flexibility index (Phi) is 5.56. The van der Waals surface area contributed by atoms with E-state index in [1.54, 1.807) is 0 Å². The third-order valence-corrected chi connectivity index (χ3v) is 5.80. The molecule has 3 heterocycles. The lowest BCUT2D eigenvalue weighted by molar-refractivity contribution is -0.0204. The van der Waals surface area contributed by atoms with Crippen molar-refractivity contribution in [2.24, 2.45) is 0 Å². The molecular formula is C23H31N3O2. The number of para-hydroxylation sites is 1. The van der Waals surface area contributed by atoms with Crippen LogP contribution < -0.4 is 14.8 Å². The first-order valence-electron chi connectivity index (χ1n) is 10.3. The SMILES string of the molecule is CC(C)Oc1ccc(CNC2CC3(CCN(C)CC3)Oc3ccccc32)cn1. The van der Waals surface area contributed by atoms with Crippen molar-refractivity contribution in [3.05, 3.63) is 53.7 Å². The van der Waals surface area contributed by atoms with Crippen molar-refractivity contribution in [2.75, 3.05) is 20.1 Å². The van der Waals surface area contributed by atoms with Gasteiger partial charge in [-0.05, 0) is 45.4 Å². The summed E-state index contributed by atoms with van der Waals surface area (Å²) in [6.07, 6.45) is 5.22. The highest BCUT2D eigenvalue weighted by molar-refractivity contribution is 5.39. The number of ether oxygens (including phenoxy) is 2. The first-order chi connectivity index (χ1) is 13.5. The largest absolute Gasteiger partial charge is 0.487 e. The van der Waals surface area contributed by atoms with Crippen LogP contribution in [0.1, 0.15) is 50.3 Å². The quantitative estimate of drug-likeness (QED) is 0.850. The Hall–Kier alpha value is -2.11. The Balaban J connectivity index is 1.47. The van der Waals surface area contributed by atoms with Gasteiger partial charge in [-0.3, -0.25) is 0 Å². The van der Waals surface area contributed by atoms with Crippen LogP contribution in [0.5, 0.6) is 11.6 Å². The zero-order valence-electron chi connectivity index (χ0n) is 17.1. The minimum atomic E-state index is -0.0499. The standard InChI is InChI=1S/C23H31N3O2/c1-17(2)27-22-9-8-18(16-25-22)15-24-20-14-23(10-12-26(3)13-11-23)28-21-7-5-4-6-19(20)21/h4-9,16-17,20,24H,10-15H2,1-3H3. The van der Waals surface area contributed by atoms with Gasteiger partial charge in [0.15, 0.2) is 0 Å². The van der Waals surface area contributed by atoms with Crippen LogP contribution in [-0.2, 0) is 6.54 Å². The molecule has 4 rings (SSSR count). The van der Waals surface area contributed by atoms with Crippen LogP contribution in [0, 0.1) is 0 Å². The molecule has 0 aliphatic carbocycles. The number of rotatable bonds is 5. The Morgan fingerprint density at radius 2 is 2.00 bits per heavy atom. The van der Waals surface area contributed by atoms with Crippen LogP contribution in [0.15, 0.2) is 42.6 Å². The summed E-state index contributed by atoms with van der Waals surface area (Å²) in [5, 5.41) is 3.76. The Morgan fingerprint density at radius 1 is 1.21 bits per heavy atom. The third-order valence-electron chi connectivity index (χ3n) is 5.80. The van der Waals surface area contributed by atoms with Gasteiger partial charge in [0, 0.05) is 49.9 Å². The predicted octanol–water partition coefficient (Wildman–Crippen LogP) is 3.95. The van der Waals surface area contributed by atoms with Gasteiger partial charge in [0.25, 0.3) is 0 Å². The molecule has 1 N–H and O–H groups in total. The van der Waals surface area contributed by atoms with Gasteiger partial charge < -0.3 is 19.7 Å². The van der Waals surface area contributed by atoms with Gasteiger partial charge in [-0.1, -0.05) is 24.3 Å². The molecule has 1 atom stereocenters. The molecule has 0 radical (unpaired) electrons. The maximum atomic E-state index is 6.55. The fraction of sp³-hybridized carbons (Fsp3) is 0.522. The van der Waals surface area contributed by atoms with Crippen LogP contribution in [0.4, 0.5) is 0 Å². The van der Waals surface area contributed by atoms with E-state index >= 15 is 0 Å². The number of hydrogen-bond acceptors (Lipinski definition) is 5. The zero-order valence-corrected chi connectivity index (χ0v) is 17.1. The molecule has 2 aromatic rings. The Bertz CT molecular complexity index is 783. The van der Waals surface area contributed by atoms with Gasteiger partial charge in [-0.25, -0.2) is 4.98 Å². The maximum absolute atomic E-state index is 6.55. The monoisotopic (exact) mass is 381 g/mol. The minimum absolute atomic E-state index is 0.0499. The summed E-state index contributed by atoms with van der Waals surface area (Å²) in [4.78, 5) is 6.82. The minimum Gasteiger partial charge on any atom is -0.487 e. The van der Waals surface area contributed by atoms with Crippen LogP contribution >= 0.6 is 0 Å². The number of likely N-dealkylation sites (tertiary alicyclic amines) is 1. The second-order valence-corrected chi connectivity index (χ2v) is 8.44. The Morgan fingerprint density at radius 3 is 2.71 bits per heavy atom. The van der Waals surface area contributed by atoms with Gasteiger partial charge >= 0.3 is 0 Å². The van der Waals surface area contributed by atoms with Crippen molar-refractivity contribution in [3.63, 3.8) is 0 Å². The molecule has 2 aliphatic heterocycles. The molecule has 150 valence electrons. The number of nitrogens with one attached hydrogen (secondary N) is 1. The molecule has 0 saturated carbocycles. The number of pyridine rings is 1. The average molecular weight is 382 g/mol. The van der Waals surface area contributed by atoms with Gasteiger partial charge in [0.2, 0.25) is 5.88 Å². The van der Waals surface area contributed by atoms with Crippen LogP contribution in [-0.4, -0.2) is 41.7 Å². The highest BCUT2D eigenvalue weighted by Gasteiger charge is 2.42. The van der Waals surface area contributed by atoms with Crippen molar-refractivity contribution >= 4 is 0 Å². The summed E-state index contributed by atoms with van der Waals surface area (Å²) in [5.41, 5.74) is 2.38. The van der Waals surface area contributed by atoms with E-state index in [-0.39, 0.29) is 11.7 Å². The first-order valence-corrected chi connectivity index (χ1v) is 10.3. The molecule has 0 amide bonds. The summed E-state index contributed by atoms with van der Waals surface area (Å²) in [7, 11) is 2.19. The number of hydrogen-bond donors (Lipinski definition) is 1. The molecule has 1 spiro atoms. The summed E-state index contributed by atoms with van der Waals surface area (Å²) < 4.78 is 12.2. The molecular weight excluding hydrogens is 350 g/mol. The molecule has 5 heteroatoms. The van der Waals surface area contributed by atoms with Crippen LogP contribution in [0.2, 0.25) is 0 Å². The molecule has 0 bridgehead atoms. The maximum Gasteiger partial charge on any atom is 0.213 e. The smallest absolute Gasteiger partial charge is 0.213 e. The summed E-state index contributed by atoms with van der Waals surface area (Å²) in [6, 6.07) is 12.8. The summed E-state index contributed by atoms with van der Waals surface area (Å²) in [6.45, 7) is 6.99. The van der Waals surface area contributed by atoms with Crippen molar-refractivity contribution in [3.8, 4) is 11.6 Å². The fourth-order valence-corrected chi connectivity index (χ4v) is 4.20. The second kappa shape index (κ2) is 8.10. The molecule has 1 unspecified atom stereocenters. The summed E-state index contributed by atoms with van der Waals surface area (Å²) in [5.74, 6) is 1.72. The number of aromatic nitrogens is 1. The lowest BCUT2D eigenvalue weighted by Crippen LogP contribution is -2.51. The van der Waals surface area contributed by atoms with E-state index < -0.39 is 0 Å². The van der Waals surface area contributed by atoms with E-state index in [0.29, 0.717) is 11.9 Å². The fourth-order valence-electron chi connectivity index (χ4n) is 4.20. The van der Waals surface area contributed by atoms with E-state index in [2.05, 4.69) is 52.6 Å². The number of piperidine rings is 1. The van der Waals surface area contributed by atoms with E-state index in [9.17, 15) is 0 Å². The molecule has 2 aliphatic rings. The van der Waals surface area contributed by atoms with Crippen molar-refractivity contribution in [2.45, 2.75) is 57.4 Å². The third kappa shape index (κ3) is 4.31. The molecule has 1 aromatic carbocycles. The van der Waals surface area contributed by atoms with E-state index in [1.807, 2.05) is 26.1 Å². The van der Waals surface area contributed by atoms with Gasteiger partial charge in [-0.2, -0.15) is 0 Å². The highest BCUT2D eigenvalue weighted by Crippen LogP contribution is 2.44. The van der Waals surface area contributed by atoms with Gasteiger partial charge in [-0.15, -0.1) is 0 Å². The first kappa shape index (κ1) is 19.2. The molecule has 1 saturated heterocycles. The lowest BCUT2D eigenvalue weighted by Gasteiger charge is -2.46. The number of fused-ring (bicyclic) bond motifs is 1. The van der Waals surface area contributed by atoms with E-state index in [4.69, 9.17) is 9.47 Å². The topological polar surface area (TPSA) is 46.6 Å². The Labute approximate surface area is 168 Å². The van der Waals surface area contributed by atoms with Crippen LogP contribution in [0.3, 0.4) is 0 Å².